The largest absolute Gasteiger partial charge is 0.482 e. The molecule has 0 saturated heterocycles. The molecule has 0 unspecified atom stereocenters. The van der Waals surface area contributed by atoms with E-state index in [2.05, 4.69) is 5.32 Å². The van der Waals surface area contributed by atoms with Gasteiger partial charge in [0.05, 0.1) is 12.0 Å². The molecular formula is C20H20ClNO4. The van der Waals surface area contributed by atoms with Crippen molar-refractivity contribution in [1.82, 2.24) is 0 Å². The highest BCUT2D eigenvalue weighted by atomic mass is 35.5. The summed E-state index contributed by atoms with van der Waals surface area (Å²) in [5, 5.41) is 3.56. The third-order valence-corrected chi connectivity index (χ3v) is 4.55. The molecule has 1 aliphatic rings. The number of rotatable bonds is 7. The first-order valence-corrected chi connectivity index (χ1v) is 8.87. The van der Waals surface area contributed by atoms with E-state index in [4.69, 9.17) is 21.1 Å². The fourth-order valence-electron chi connectivity index (χ4n) is 2.82. The van der Waals surface area contributed by atoms with Crippen LogP contribution in [0.3, 0.4) is 0 Å². The Hall–Kier alpha value is -2.53. The van der Waals surface area contributed by atoms with Crippen molar-refractivity contribution in [2.24, 2.45) is 0 Å². The van der Waals surface area contributed by atoms with E-state index < -0.39 is 11.4 Å². The van der Waals surface area contributed by atoms with Crippen LogP contribution in [-0.4, -0.2) is 25.1 Å². The van der Waals surface area contributed by atoms with Crippen molar-refractivity contribution in [3.05, 3.63) is 59.1 Å². The molecule has 2 aromatic rings. The summed E-state index contributed by atoms with van der Waals surface area (Å²) in [6.45, 7) is 1.88. The van der Waals surface area contributed by atoms with Gasteiger partial charge in [-0.15, -0.1) is 0 Å². The number of halogens is 1. The third-order valence-electron chi connectivity index (χ3n) is 4.32. The SMILES string of the molecule is CCOC(=O)COc1cccc(NC(=O)C2(c3cccc(Cl)c3)CC2)c1. The van der Waals surface area contributed by atoms with E-state index in [1.165, 1.54) is 0 Å². The molecule has 3 rings (SSSR count). The molecule has 1 fully saturated rings. The number of hydrogen-bond acceptors (Lipinski definition) is 4. The first-order valence-electron chi connectivity index (χ1n) is 8.49. The minimum absolute atomic E-state index is 0.0673. The van der Waals surface area contributed by atoms with Gasteiger partial charge in [-0.1, -0.05) is 29.8 Å². The lowest BCUT2D eigenvalue weighted by atomic mass is 9.95. The Labute approximate surface area is 157 Å². The first-order chi connectivity index (χ1) is 12.5. The smallest absolute Gasteiger partial charge is 0.344 e. The van der Waals surface area contributed by atoms with Crippen molar-refractivity contribution in [3.63, 3.8) is 0 Å². The molecule has 0 bridgehead atoms. The van der Waals surface area contributed by atoms with E-state index in [0.29, 0.717) is 23.1 Å². The molecule has 0 radical (unpaired) electrons. The maximum absolute atomic E-state index is 12.8. The monoisotopic (exact) mass is 373 g/mol. The summed E-state index contributed by atoms with van der Waals surface area (Å²) in [4.78, 5) is 24.2. The van der Waals surface area contributed by atoms with Gasteiger partial charge in [0.15, 0.2) is 6.61 Å². The van der Waals surface area contributed by atoms with Crippen LogP contribution in [0.5, 0.6) is 5.75 Å². The Morgan fingerprint density at radius 3 is 2.62 bits per heavy atom. The molecule has 0 atom stereocenters. The van der Waals surface area contributed by atoms with Gasteiger partial charge >= 0.3 is 5.97 Å². The molecule has 1 saturated carbocycles. The summed E-state index contributed by atoms with van der Waals surface area (Å²) in [7, 11) is 0. The van der Waals surface area contributed by atoms with Crippen LogP contribution >= 0.6 is 11.6 Å². The van der Waals surface area contributed by atoms with Crippen LogP contribution in [0.2, 0.25) is 5.02 Å². The molecule has 0 aliphatic heterocycles. The number of ether oxygens (including phenoxy) is 2. The third kappa shape index (κ3) is 4.17. The van der Waals surface area contributed by atoms with Crippen molar-refractivity contribution in [2.45, 2.75) is 25.2 Å². The molecule has 0 spiro atoms. The van der Waals surface area contributed by atoms with E-state index in [1.807, 2.05) is 18.2 Å². The standard InChI is InChI=1S/C20H20ClNO4/c1-2-25-18(23)13-26-17-8-4-7-16(12-17)22-19(24)20(9-10-20)14-5-3-6-15(21)11-14/h3-8,11-12H,2,9-10,13H2,1H3,(H,22,24). The molecular weight excluding hydrogens is 354 g/mol. The van der Waals surface area contributed by atoms with Crippen LogP contribution in [-0.2, 0) is 19.7 Å². The summed E-state index contributed by atoms with van der Waals surface area (Å²) < 4.78 is 10.2. The normalized spacial score (nSPS) is 14.4. The molecule has 0 heterocycles. The minimum Gasteiger partial charge on any atom is -0.482 e. The summed E-state index contributed by atoms with van der Waals surface area (Å²) in [5.74, 6) is -0.00871. The van der Waals surface area contributed by atoms with E-state index >= 15 is 0 Å². The van der Waals surface area contributed by atoms with Crippen molar-refractivity contribution >= 4 is 29.2 Å². The summed E-state index contributed by atoms with van der Waals surface area (Å²) in [6.07, 6.45) is 1.58. The number of nitrogens with one attached hydrogen (secondary N) is 1. The number of amides is 1. The predicted octanol–water partition coefficient (Wildman–Crippen LogP) is 3.95. The fourth-order valence-corrected chi connectivity index (χ4v) is 3.01. The van der Waals surface area contributed by atoms with Gasteiger partial charge in [-0.2, -0.15) is 0 Å². The maximum atomic E-state index is 12.8. The summed E-state index contributed by atoms with van der Waals surface area (Å²) >= 11 is 6.06. The second kappa shape index (κ2) is 7.79. The fraction of sp³-hybridized carbons (Fsp3) is 0.300. The van der Waals surface area contributed by atoms with Crippen LogP contribution in [0.4, 0.5) is 5.69 Å². The van der Waals surface area contributed by atoms with Crippen LogP contribution < -0.4 is 10.1 Å². The number of hydrogen-bond donors (Lipinski definition) is 1. The maximum Gasteiger partial charge on any atom is 0.344 e. The molecule has 1 amide bonds. The van der Waals surface area contributed by atoms with Gasteiger partial charge < -0.3 is 14.8 Å². The van der Waals surface area contributed by atoms with Crippen molar-refractivity contribution in [1.29, 1.82) is 0 Å². The quantitative estimate of drug-likeness (QED) is 0.746. The Balaban J connectivity index is 1.66. The van der Waals surface area contributed by atoms with E-state index in [-0.39, 0.29) is 12.5 Å². The van der Waals surface area contributed by atoms with Crippen LogP contribution in [0, 0.1) is 0 Å². The highest BCUT2D eigenvalue weighted by Gasteiger charge is 2.51. The topological polar surface area (TPSA) is 64.6 Å². The molecule has 136 valence electrons. The minimum atomic E-state index is -0.521. The summed E-state index contributed by atoms with van der Waals surface area (Å²) in [6, 6.07) is 14.4. The van der Waals surface area contributed by atoms with Gasteiger partial charge in [-0.25, -0.2) is 4.79 Å². The lowest BCUT2D eigenvalue weighted by Gasteiger charge is -2.16. The Bertz CT molecular complexity index is 817. The zero-order valence-corrected chi connectivity index (χ0v) is 15.2. The lowest BCUT2D eigenvalue weighted by molar-refractivity contribution is -0.145. The summed E-state index contributed by atoms with van der Waals surface area (Å²) in [5.41, 5.74) is 1.02. The number of carbonyl (C=O) groups excluding carboxylic acids is 2. The second-order valence-corrected chi connectivity index (χ2v) is 6.60. The first kappa shape index (κ1) is 18.3. The van der Waals surface area contributed by atoms with E-state index in [0.717, 1.165) is 18.4 Å². The number of esters is 1. The highest BCUT2D eigenvalue weighted by Crippen LogP contribution is 2.49. The Morgan fingerprint density at radius 1 is 1.15 bits per heavy atom. The van der Waals surface area contributed by atoms with Gasteiger partial charge in [0, 0.05) is 16.8 Å². The number of anilines is 1. The molecule has 1 N–H and O–H groups in total. The highest BCUT2D eigenvalue weighted by molar-refractivity contribution is 6.30. The van der Waals surface area contributed by atoms with Crippen LogP contribution in [0.15, 0.2) is 48.5 Å². The molecule has 6 heteroatoms. The van der Waals surface area contributed by atoms with Crippen molar-refractivity contribution in [2.75, 3.05) is 18.5 Å². The Kier molecular flexibility index (Phi) is 5.47. The van der Waals surface area contributed by atoms with Crippen LogP contribution in [0.25, 0.3) is 0 Å². The van der Waals surface area contributed by atoms with Crippen molar-refractivity contribution < 1.29 is 19.1 Å². The zero-order valence-electron chi connectivity index (χ0n) is 14.5. The average Bonchev–Trinajstić information content (AvgIpc) is 3.43. The van der Waals surface area contributed by atoms with Gasteiger partial charge in [-0.05, 0) is 49.6 Å². The average molecular weight is 374 g/mol. The molecule has 1 aliphatic carbocycles. The molecule has 26 heavy (non-hydrogen) atoms. The lowest BCUT2D eigenvalue weighted by Crippen LogP contribution is -2.27. The van der Waals surface area contributed by atoms with Gasteiger partial charge in [0.25, 0.3) is 0 Å². The van der Waals surface area contributed by atoms with Gasteiger partial charge in [0.2, 0.25) is 5.91 Å². The van der Waals surface area contributed by atoms with Gasteiger partial charge in [0.1, 0.15) is 5.75 Å². The number of carbonyl (C=O) groups is 2. The van der Waals surface area contributed by atoms with Crippen LogP contribution in [0.1, 0.15) is 25.3 Å². The molecule has 2 aromatic carbocycles. The zero-order chi connectivity index (χ0) is 18.6. The molecule has 5 nitrogen and oxygen atoms in total. The second-order valence-electron chi connectivity index (χ2n) is 6.17. The molecule has 0 aromatic heterocycles. The predicted molar refractivity (Wildman–Crippen MR) is 99.6 cm³/mol. The van der Waals surface area contributed by atoms with E-state index in [1.54, 1.807) is 37.3 Å². The van der Waals surface area contributed by atoms with Gasteiger partial charge in [-0.3, -0.25) is 4.79 Å². The van der Waals surface area contributed by atoms with Crippen molar-refractivity contribution in [3.8, 4) is 5.75 Å². The Morgan fingerprint density at radius 2 is 1.92 bits per heavy atom. The number of benzene rings is 2. The van der Waals surface area contributed by atoms with E-state index in [9.17, 15) is 9.59 Å².